The van der Waals surface area contributed by atoms with Crippen molar-refractivity contribution in [2.24, 2.45) is 0 Å². The molecule has 3 N–H and O–H groups in total. The quantitative estimate of drug-likeness (QED) is 0.496. The van der Waals surface area contributed by atoms with Crippen molar-refractivity contribution >= 4 is 44.5 Å². The van der Waals surface area contributed by atoms with Crippen molar-refractivity contribution < 1.29 is 18.0 Å². The van der Waals surface area contributed by atoms with E-state index in [2.05, 4.69) is 15.4 Å². The molecule has 0 atom stereocenters. The van der Waals surface area contributed by atoms with Crippen LogP contribution in [-0.2, 0) is 21.2 Å². The van der Waals surface area contributed by atoms with Gasteiger partial charge in [0.1, 0.15) is 0 Å². The molecule has 30 heavy (non-hydrogen) atoms. The number of hydrogen-bond acceptors (Lipinski definition) is 5. The monoisotopic (exact) mass is 443 g/mol. The highest BCUT2D eigenvalue weighted by molar-refractivity contribution is 7.89. The molecule has 0 fully saturated rings. The van der Waals surface area contributed by atoms with Crippen molar-refractivity contribution in [1.29, 1.82) is 0 Å². The van der Waals surface area contributed by atoms with Crippen molar-refractivity contribution in [2.45, 2.75) is 18.2 Å². The van der Waals surface area contributed by atoms with E-state index >= 15 is 0 Å². The van der Waals surface area contributed by atoms with Crippen LogP contribution in [0.3, 0.4) is 0 Å². The van der Waals surface area contributed by atoms with Gasteiger partial charge in [0.2, 0.25) is 15.9 Å². The first-order valence-corrected chi connectivity index (χ1v) is 11.5. The molecule has 0 spiro atoms. The van der Waals surface area contributed by atoms with Crippen LogP contribution in [-0.4, -0.2) is 26.8 Å². The maximum absolute atomic E-state index is 12.4. The minimum absolute atomic E-state index is 0.102. The molecule has 0 aliphatic heterocycles. The van der Waals surface area contributed by atoms with Gasteiger partial charge in [-0.05, 0) is 66.4 Å². The number of sulfonamides is 1. The summed E-state index contributed by atoms with van der Waals surface area (Å²) in [5.41, 5.74) is 1.51. The summed E-state index contributed by atoms with van der Waals surface area (Å²) in [6.45, 7) is 1.72. The van der Waals surface area contributed by atoms with Gasteiger partial charge < -0.3 is 10.6 Å². The normalized spacial score (nSPS) is 11.1. The zero-order valence-corrected chi connectivity index (χ0v) is 17.8. The number of rotatable bonds is 8. The van der Waals surface area contributed by atoms with Crippen molar-refractivity contribution in [1.82, 2.24) is 4.72 Å². The predicted molar refractivity (Wildman–Crippen MR) is 118 cm³/mol. The first-order chi connectivity index (χ1) is 14.3. The second-order valence-electron chi connectivity index (χ2n) is 6.46. The van der Waals surface area contributed by atoms with Gasteiger partial charge in [0.25, 0.3) is 5.91 Å². The molecule has 0 saturated heterocycles. The number of carbonyl (C=O) groups is 2. The smallest absolute Gasteiger partial charge is 0.255 e. The van der Waals surface area contributed by atoms with Crippen LogP contribution in [0.1, 0.15) is 22.2 Å². The minimum atomic E-state index is -3.64. The summed E-state index contributed by atoms with van der Waals surface area (Å²) < 4.78 is 27.4. The summed E-state index contributed by atoms with van der Waals surface area (Å²) in [6, 6.07) is 16.3. The molecule has 0 aliphatic carbocycles. The van der Waals surface area contributed by atoms with E-state index in [1.807, 2.05) is 17.5 Å². The third kappa shape index (κ3) is 5.99. The van der Waals surface area contributed by atoms with Gasteiger partial charge in [0.15, 0.2) is 0 Å². The molecule has 9 heteroatoms. The first-order valence-electron chi connectivity index (χ1n) is 9.14. The topological polar surface area (TPSA) is 104 Å². The molecular weight excluding hydrogens is 422 g/mol. The Morgan fingerprint density at radius 1 is 0.900 bits per heavy atom. The number of hydrogen-bond donors (Lipinski definition) is 3. The maximum Gasteiger partial charge on any atom is 0.255 e. The average Bonchev–Trinajstić information content (AvgIpc) is 3.22. The highest BCUT2D eigenvalue weighted by atomic mass is 32.2. The maximum atomic E-state index is 12.4. The Morgan fingerprint density at radius 2 is 1.53 bits per heavy atom. The molecule has 3 rings (SSSR count). The van der Waals surface area contributed by atoms with Gasteiger partial charge >= 0.3 is 0 Å². The molecule has 0 bridgehead atoms. The van der Waals surface area contributed by atoms with Crippen LogP contribution >= 0.6 is 11.3 Å². The third-order valence-electron chi connectivity index (χ3n) is 4.13. The Kier molecular flexibility index (Phi) is 6.99. The lowest BCUT2D eigenvalue weighted by Crippen LogP contribution is -2.26. The van der Waals surface area contributed by atoms with Gasteiger partial charge in [-0.1, -0.05) is 6.07 Å². The summed E-state index contributed by atoms with van der Waals surface area (Å²) in [6.07, 6.45) is 0.623. The number of nitrogens with one attached hydrogen (secondary N) is 3. The van der Waals surface area contributed by atoms with Gasteiger partial charge in [-0.15, -0.1) is 11.3 Å². The number of benzene rings is 2. The average molecular weight is 444 g/mol. The van der Waals surface area contributed by atoms with Crippen LogP contribution in [0.5, 0.6) is 0 Å². The van der Waals surface area contributed by atoms with E-state index in [1.165, 1.54) is 31.2 Å². The summed E-state index contributed by atoms with van der Waals surface area (Å²) >= 11 is 1.58. The number of thiophene rings is 1. The lowest BCUT2D eigenvalue weighted by Gasteiger charge is -2.09. The van der Waals surface area contributed by atoms with E-state index in [-0.39, 0.29) is 16.7 Å². The summed E-state index contributed by atoms with van der Waals surface area (Å²) in [4.78, 5) is 24.6. The van der Waals surface area contributed by atoms with E-state index in [0.29, 0.717) is 29.9 Å². The molecule has 7 nitrogen and oxygen atoms in total. The molecule has 0 aliphatic rings. The zero-order chi connectivity index (χ0) is 21.6. The van der Waals surface area contributed by atoms with E-state index in [4.69, 9.17) is 0 Å². The van der Waals surface area contributed by atoms with E-state index < -0.39 is 10.0 Å². The molecule has 1 heterocycles. The highest BCUT2D eigenvalue weighted by Crippen LogP contribution is 2.16. The van der Waals surface area contributed by atoms with Gasteiger partial charge in [0, 0.05) is 35.3 Å². The Morgan fingerprint density at radius 3 is 2.10 bits per heavy atom. The lowest BCUT2D eigenvalue weighted by molar-refractivity contribution is -0.114. The summed E-state index contributed by atoms with van der Waals surface area (Å²) in [7, 11) is -3.64. The SMILES string of the molecule is CC(=O)Nc1ccc(NC(=O)c2ccc(S(=O)(=O)NCCc3cccs3)cc2)cc1. The third-order valence-corrected chi connectivity index (χ3v) is 6.55. The van der Waals surface area contributed by atoms with Gasteiger partial charge in [-0.3, -0.25) is 9.59 Å². The van der Waals surface area contributed by atoms with Crippen molar-refractivity contribution in [3.05, 3.63) is 76.5 Å². The van der Waals surface area contributed by atoms with Crippen LogP contribution in [0, 0.1) is 0 Å². The molecular formula is C21H21N3O4S2. The molecule has 3 aromatic rings. The Balaban J connectivity index is 1.58. The van der Waals surface area contributed by atoms with Crippen LogP contribution in [0.2, 0.25) is 0 Å². The molecule has 2 aromatic carbocycles. The fourth-order valence-electron chi connectivity index (χ4n) is 2.68. The fourth-order valence-corrected chi connectivity index (χ4v) is 4.42. The minimum Gasteiger partial charge on any atom is -0.326 e. The Hall–Kier alpha value is -3.01. The fraction of sp³-hybridized carbons (Fsp3) is 0.143. The summed E-state index contributed by atoms with van der Waals surface area (Å²) in [5, 5.41) is 7.33. The van der Waals surface area contributed by atoms with E-state index in [9.17, 15) is 18.0 Å². The second kappa shape index (κ2) is 9.66. The number of anilines is 2. The number of carbonyl (C=O) groups excluding carboxylic acids is 2. The van der Waals surface area contributed by atoms with Crippen LogP contribution in [0.4, 0.5) is 11.4 Å². The van der Waals surface area contributed by atoms with Gasteiger partial charge in [-0.2, -0.15) is 0 Å². The molecule has 0 radical (unpaired) electrons. The number of amides is 2. The van der Waals surface area contributed by atoms with E-state index in [0.717, 1.165) is 4.88 Å². The van der Waals surface area contributed by atoms with E-state index in [1.54, 1.807) is 35.6 Å². The Labute approximate surface area is 179 Å². The van der Waals surface area contributed by atoms with Gasteiger partial charge in [0.05, 0.1) is 4.90 Å². The standard InChI is InChI=1S/C21H21N3O4S2/c1-15(25)23-17-6-8-18(9-7-17)24-21(26)16-4-10-20(11-5-16)30(27,28)22-13-12-19-3-2-14-29-19/h2-11,14,22H,12-13H2,1H3,(H,23,25)(H,24,26). The highest BCUT2D eigenvalue weighted by Gasteiger charge is 2.15. The zero-order valence-electron chi connectivity index (χ0n) is 16.2. The molecule has 2 amide bonds. The van der Waals surface area contributed by atoms with Crippen molar-refractivity contribution in [2.75, 3.05) is 17.2 Å². The van der Waals surface area contributed by atoms with Crippen LogP contribution in [0.25, 0.3) is 0 Å². The molecule has 156 valence electrons. The van der Waals surface area contributed by atoms with Crippen LogP contribution in [0.15, 0.2) is 70.9 Å². The lowest BCUT2D eigenvalue weighted by atomic mass is 10.2. The summed E-state index contributed by atoms with van der Waals surface area (Å²) in [5.74, 6) is -0.542. The molecule has 0 unspecified atom stereocenters. The van der Waals surface area contributed by atoms with Crippen molar-refractivity contribution in [3.8, 4) is 0 Å². The largest absolute Gasteiger partial charge is 0.326 e. The second-order valence-corrected chi connectivity index (χ2v) is 9.26. The van der Waals surface area contributed by atoms with Crippen LogP contribution < -0.4 is 15.4 Å². The molecule has 0 saturated carbocycles. The van der Waals surface area contributed by atoms with Gasteiger partial charge in [-0.25, -0.2) is 13.1 Å². The van der Waals surface area contributed by atoms with Crippen molar-refractivity contribution in [3.63, 3.8) is 0 Å². The molecule has 1 aromatic heterocycles. The predicted octanol–water partition coefficient (Wildman–Crippen LogP) is 3.48. The Bertz CT molecular complexity index is 1110. The first kappa shape index (κ1) is 21.7.